The van der Waals surface area contributed by atoms with Crippen molar-refractivity contribution < 1.29 is 28.7 Å². The molecule has 9 nitrogen and oxygen atoms in total. The Balaban J connectivity index is 1.81. The molecule has 0 N–H and O–H groups in total. The highest BCUT2D eigenvalue weighted by Gasteiger charge is 2.17. The lowest BCUT2D eigenvalue weighted by atomic mass is 10.2. The number of ether oxygens (including phenoxy) is 2. The van der Waals surface area contributed by atoms with Crippen LogP contribution in [-0.4, -0.2) is 48.3 Å². The van der Waals surface area contributed by atoms with Gasteiger partial charge in [0, 0.05) is 12.7 Å². The van der Waals surface area contributed by atoms with E-state index < -0.39 is 12.1 Å². The van der Waals surface area contributed by atoms with Crippen molar-refractivity contribution in [2.75, 3.05) is 20.7 Å². The molecule has 0 aliphatic heterocycles. The summed E-state index contributed by atoms with van der Waals surface area (Å²) in [5.41, 5.74) is 2.14. The van der Waals surface area contributed by atoms with Crippen LogP contribution in [0.3, 0.4) is 0 Å². The molecule has 1 heterocycles. The number of amides is 1. The Hall–Kier alpha value is -4.24. The monoisotopic (exact) mass is 477 g/mol. The van der Waals surface area contributed by atoms with Crippen molar-refractivity contribution >= 4 is 18.0 Å². The van der Waals surface area contributed by atoms with Gasteiger partial charge in [-0.1, -0.05) is 66.7 Å². The molecule has 0 aliphatic rings. The van der Waals surface area contributed by atoms with Crippen LogP contribution in [-0.2, 0) is 43.5 Å². The van der Waals surface area contributed by atoms with E-state index in [1.165, 1.54) is 18.7 Å². The van der Waals surface area contributed by atoms with Gasteiger partial charge in [-0.3, -0.25) is 19.4 Å². The van der Waals surface area contributed by atoms with Crippen LogP contribution < -0.4 is 5.49 Å². The minimum atomic E-state index is -0.728. The van der Waals surface area contributed by atoms with E-state index in [0.717, 1.165) is 16.2 Å². The van der Waals surface area contributed by atoms with Crippen LogP contribution in [0.5, 0.6) is 0 Å². The zero-order valence-electron chi connectivity index (χ0n) is 19.6. The molecule has 0 spiro atoms. The smallest absolute Gasteiger partial charge is 0.420 e. The summed E-state index contributed by atoms with van der Waals surface area (Å²) in [5.74, 6) is -0.935. The molecule has 0 atom stereocenters. The number of esters is 1. The van der Waals surface area contributed by atoms with Gasteiger partial charge in [-0.2, -0.15) is 0 Å². The van der Waals surface area contributed by atoms with Gasteiger partial charge in [0.1, 0.15) is 25.2 Å². The zero-order chi connectivity index (χ0) is 25.0. The topological polar surface area (TPSA) is 99.4 Å². The van der Waals surface area contributed by atoms with Gasteiger partial charge in [0.2, 0.25) is 0 Å². The summed E-state index contributed by atoms with van der Waals surface area (Å²) in [6, 6.07) is 23.3. The lowest BCUT2D eigenvalue weighted by Gasteiger charge is -2.16. The first-order chi connectivity index (χ1) is 17.0. The van der Waals surface area contributed by atoms with Gasteiger partial charge in [-0.15, -0.1) is 0 Å². The van der Waals surface area contributed by atoms with E-state index in [2.05, 4.69) is 4.99 Å². The second-order valence-corrected chi connectivity index (χ2v) is 7.46. The molecule has 3 aromatic rings. The van der Waals surface area contributed by atoms with Crippen LogP contribution >= 0.6 is 0 Å². The second kappa shape index (κ2) is 12.9. The number of hydroxylamine groups is 2. The van der Waals surface area contributed by atoms with Gasteiger partial charge in [-0.25, -0.2) is 14.4 Å². The fraction of sp³-hybridized carbons (Fsp3) is 0.231. The quantitative estimate of drug-likeness (QED) is 0.347. The van der Waals surface area contributed by atoms with Gasteiger partial charge in [-0.05, 0) is 23.3 Å². The van der Waals surface area contributed by atoms with Crippen molar-refractivity contribution in [2.45, 2.75) is 19.6 Å². The molecule has 0 saturated heterocycles. The first-order valence-electron chi connectivity index (χ1n) is 10.9. The average molecular weight is 478 g/mol. The van der Waals surface area contributed by atoms with Crippen molar-refractivity contribution in [3.63, 3.8) is 0 Å². The predicted molar refractivity (Wildman–Crippen MR) is 127 cm³/mol. The molecule has 2 aromatic carbocycles. The minimum absolute atomic E-state index is 0.0332. The number of carbonyl (C=O) groups is 3. The van der Waals surface area contributed by atoms with Crippen LogP contribution in [0.25, 0.3) is 0 Å². The van der Waals surface area contributed by atoms with Gasteiger partial charge in [0.25, 0.3) is 5.91 Å². The third-order valence-corrected chi connectivity index (χ3v) is 5.01. The summed E-state index contributed by atoms with van der Waals surface area (Å²) in [6.45, 7) is -0.161. The number of rotatable bonds is 9. The van der Waals surface area contributed by atoms with E-state index in [4.69, 9.17) is 14.3 Å². The van der Waals surface area contributed by atoms with Crippen molar-refractivity contribution in [1.29, 1.82) is 0 Å². The highest BCUT2D eigenvalue weighted by Crippen LogP contribution is 2.06. The van der Waals surface area contributed by atoms with E-state index in [-0.39, 0.29) is 37.6 Å². The number of hydrogen-bond donors (Lipinski definition) is 0. The van der Waals surface area contributed by atoms with Crippen molar-refractivity contribution in [3.05, 3.63) is 101 Å². The molecule has 9 heteroatoms. The van der Waals surface area contributed by atoms with E-state index >= 15 is 0 Å². The standard InChI is InChI=1S/C26H27N3O6/c1-28(33-2)24(30)16-22-14-9-15-23(27-17-25(31)34-18-20-10-5-3-6-11-20)29(22)26(32)35-19-21-12-7-4-8-13-21/h3-15H,16-19H2,1-2H3. The molecule has 35 heavy (non-hydrogen) atoms. The lowest BCUT2D eigenvalue weighted by molar-refractivity contribution is -0.167. The molecule has 3 rings (SSSR count). The fourth-order valence-electron chi connectivity index (χ4n) is 3.09. The van der Waals surface area contributed by atoms with Gasteiger partial charge >= 0.3 is 12.1 Å². The maximum atomic E-state index is 13.0. The third kappa shape index (κ3) is 7.65. The number of carbonyl (C=O) groups excluding carboxylic acids is 3. The number of pyridine rings is 1. The first-order valence-corrected chi connectivity index (χ1v) is 10.9. The van der Waals surface area contributed by atoms with Crippen LogP contribution in [0.1, 0.15) is 16.8 Å². The Kier molecular flexibility index (Phi) is 9.32. The van der Waals surface area contributed by atoms with Crippen molar-refractivity contribution in [1.82, 2.24) is 9.63 Å². The molecule has 182 valence electrons. The first kappa shape index (κ1) is 25.4. The van der Waals surface area contributed by atoms with Crippen LogP contribution in [0.15, 0.2) is 83.9 Å². The van der Waals surface area contributed by atoms with Gasteiger partial charge in [0.05, 0.1) is 13.5 Å². The Morgan fingerprint density at radius 2 is 1.43 bits per heavy atom. The SMILES string of the molecule is CON(C)C(=O)Cc1cccc(=NCC(=O)OCc2ccccc2)n1C(=O)OCc1ccccc1. The van der Waals surface area contributed by atoms with Crippen molar-refractivity contribution in [3.8, 4) is 0 Å². The summed E-state index contributed by atoms with van der Waals surface area (Å²) in [7, 11) is 2.84. The summed E-state index contributed by atoms with van der Waals surface area (Å²) in [6.07, 6.45) is -0.874. The van der Waals surface area contributed by atoms with Crippen molar-refractivity contribution in [2.24, 2.45) is 4.99 Å². The summed E-state index contributed by atoms with van der Waals surface area (Å²) >= 11 is 0. The summed E-state index contributed by atoms with van der Waals surface area (Å²) < 4.78 is 11.9. The van der Waals surface area contributed by atoms with Gasteiger partial charge in [0.15, 0.2) is 0 Å². The number of hydrogen-bond acceptors (Lipinski definition) is 7. The van der Waals surface area contributed by atoms with Gasteiger partial charge < -0.3 is 9.47 Å². The molecular formula is C26H27N3O6. The highest BCUT2D eigenvalue weighted by molar-refractivity contribution is 5.79. The normalized spacial score (nSPS) is 11.1. The summed E-state index contributed by atoms with van der Waals surface area (Å²) in [5, 5.41) is 1.06. The number of benzene rings is 2. The molecule has 0 bridgehead atoms. The number of aromatic nitrogens is 1. The molecule has 0 fully saturated rings. The van der Waals surface area contributed by atoms with E-state index in [9.17, 15) is 14.4 Å². The maximum absolute atomic E-state index is 13.0. The molecular weight excluding hydrogens is 450 g/mol. The Morgan fingerprint density at radius 1 is 0.829 bits per heavy atom. The van der Waals surface area contributed by atoms with E-state index in [1.807, 2.05) is 60.7 Å². The largest absolute Gasteiger partial charge is 0.459 e. The second-order valence-electron chi connectivity index (χ2n) is 7.46. The van der Waals surface area contributed by atoms with Crippen LogP contribution in [0.2, 0.25) is 0 Å². The molecule has 0 unspecified atom stereocenters. The third-order valence-electron chi connectivity index (χ3n) is 5.01. The maximum Gasteiger partial charge on any atom is 0.420 e. The fourth-order valence-corrected chi connectivity index (χ4v) is 3.09. The van der Waals surface area contributed by atoms with E-state index in [1.54, 1.807) is 18.2 Å². The van der Waals surface area contributed by atoms with Crippen LogP contribution in [0, 0.1) is 0 Å². The molecule has 1 amide bonds. The lowest BCUT2D eigenvalue weighted by Crippen LogP contribution is -2.35. The zero-order valence-corrected chi connectivity index (χ0v) is 19.6. The van der Waals surface area contributed by atoms with Crippen LogP contribution in [0.4, 0.5) is 4.79 Å². The Morgan fingerprint density at radius 3 is 2.03 bits per heavy atom. The Bertz CT molecular complexity index is 1210. The Labute approximate surface area is 203 Å². The number of likely N-dealkylation sites (N-methyl/N-ethyl adjacent to an activating group) is 1. The number of nitrogens with zero attached hydrogens (tertiary/aromatic N) is 3. The molecule has 0 aliphatic carbocycles. The highest BCUT2D eigenvalue weighted by atomic mass is 16.7. The predicted octanol–water partition coefficient (Wildman–Crippen LogP) is 2.88. The average Bonchev–Trinajstić information content (AvgIpc) is 2.90. The van der Waals surface area contributed by atoms with E-state index in [0.29, 0.717) is 5.69 Å². The minimum Gasteiger partial charge on any atom is -0.459 e. The molecule has 0 radical (unpaired) electrons. The molecule has 0 saturated carbocycles. The molecule has 1 aromatic heterocycles. The summed E-state index contributed by atoms with van der Waals surface area (Å²) in [4.78, 5) is 46.9.